The minimum atomic E-state index is 0.0261. The number of rotatable bonds is 6. The molecule has 4 nitrogen and oxygen atoms in total. The molecule has 1 saturated carbocycles. The number of nitrogens with two attached hydrogens (primary N) is 1. The fourth-order valence-corrected chi connectivity index (χ4v) is 3.46. The lowest BCUT2D eigenvalue weighted by Crippen LogP contribution is -2.37. The van der Waals surface area contributed by atoms with Gasteiger partial charge in [0.25, 0.3) is 0 Å². The third kappa shape index (κ3) is 3.16. The van der Waals surface area contributed by atoms with Crippen molar-refractivity contribution >= 4 is 0 Å². The molecule has 1 aliphatic carbocycles. The summed E-state index contributed by atoms with van der Waals surface area (Å²) in [5.41, 5.74) is 8.46. The fourth-order valence-electron chi connectivity index (χ4n) is 3.46. The summed E-state index contributed by atoms with van der Waals surface area (Å²) in [4.78, 5) is 0. The molecule has 118 valence electrons. The van der Waals surface area contributed by atoms with E-state index in [2.05, 4.69) is 6.07 Å². The molecule has 0 unspecified atom stereocenters. The smallest absolute Gasteiger partial charge is 0.128 e. The minimum Gasteiger partial charge on any atom is -0.496 e. The first-order valence-electron chi connectivity index (χ1n) is 7.65. The first-order chi connectivity index (χ1) is 10.2. The van der Waals surface area contributed by atoms with Crippen molar-refractivity contribution in [1.82, 2.24) is 0 Å². The highest BCUT2D eigenvalue weighted by atomic mass is 16.5. The van der Waals surface area contributed by atoms with Crippen molar-refractivity contribution in [3.8, 4) is 11.5 Å². The van der Waals surface area contributed by atoms with E-state index in [4.69, 9.17) is 19.9 Å². The van der Waals surface area contributed by atoms with E-state index in [1.807, 2.05) is 6.07 Å². The summed E-state index contributed by atoms with van der Waals surface area (Å²) in [6, 6.07) is 4.13. The topological polar surface area (TPSA) is 53.7 Å². The predicted molar refractivity (Wildman–Crippen MR) is 84.1 cm³/mol. The molecule has 1 aromatic rings. The summed E-state index contributed by atoms with van der Waals surface area (Å²) < 4.78 is 16.4. The van der Waals surface area contributed by atoms with Crippen LogP contribution in [0.5, 0.6) is 11.5 Å². The fraction of sp³-hybridized carbons (Fsp3) is 0.647. The average Bonchev–Trinajstić information content (AvgIpc) is 2.55. The lowest BCUT2D eigenvalue weighted by atomic mass is 9.69. The van der Waals surface area contributed by atoms with Crippen LogP contribution in [0.2, 0.25) is 0 Å². The van der Waals surface area contributed by atoms with Gasteiger partial charge in [0, 0.05) is 36.3 Å². The number of benzene rings is 1. The first kappa shape index (κ1) is 16.1. The summed E-state index contributed by atoms with van der Waals surface area (Å²) in [5.74, 6) is 1.68. The second kappa shape index (κ2) is 7.14. The normalized spacial score (nSPS) is 17.5. The molecule has 2 N–H and O–H groups in total. The molecule has 0 amide bonds. The van der Waals surface area contributed by atoms with Gasteiger partial charge in [-0.3, -0.25) is 0 Å². The second-order valence-electron chi connectivity index (χ2n) is 5.84. The Morgan fingerprint density at radius 1 is 1.00 bits per heavy atom. The zero-order valence-electron chi connectivity index (χ0n) is 13.4. The van der Waals surface area contributed by atoms with Crippen LogP contribution >= 0.6 is 0 Å². The number of hydrogen-bond donors (Lipinski definition) is 1. The maximum Gasteiger partial charge on any atom is 0.128 e. The van der Waals surface area contributed by atoms with Crippen molar-refractivity contribution < 1.29 is 14.2 Å². The van der Waals surface area contributed by atoms with Crippen LogP contribution < -0.4 is 15.2 Å². The lowest BCUT2D eigenvalue weighted by Gasteiger charge is -2.38. The van der Waals surface area contributed by atoms with Crippen LogP contribution in [0.1, 0.15) is 43.2 Å². The van der Waals surface area contributed by atoms with Crippen molar-refractivity contribution in [3.63, 3.8) is 0 Å². The molecule has 0 aliphatic heterocycles. The van der Waals surface area contributed by atoms with Gasteiger partial charge < -0.3 is 19.9 Å². The summed E-state index contributed by atoms with van der Waals surface area (Å²) in [6.45, 7) is 1.18. The quantitative estimate of drug-likeness (QED) is 0.876. The third-order valence-corrected chi connectivity index (χ3v) is 4.68. The first-order valence-corrected chi connectivity index (χ1v) is 7.65. The van der Waals surface area contributed by atoms with Crippen molar-refractivity contribution in [1.29, 1.82) is 0 Å². The maximum atomic E-state index is 6.17. The summed E-state index contributed by atoms with van der Waals surface area (Å²) in [6.07, 6.45) is 6.00. The molecule has 0 heterocycles. The van der Waals surface area contributed by atoms with Crippen LogP contribution in [-0.2, 0) is 16.8 Å². The van der Waals surface area contributed by atoms with Crippen LogP contribution in [0.25, 0.3) is 0 Å². The Kier molecular flexibility index (Phi) is 5.48. The summed E-state index contributed by atoms with van der Waals surface area (Å²) in [5, 5.41) is 0. The van der Waals surface area contributed by atoms with E-state index in [1.165, 1.54) is 24.8 Å². The second-order valence-corrected chi connectivity index (χ2v) is 5.84. The Labute approximate surface area is 127 Å². The molecule has 0 spiro atoms. The van der Waals surface area contributed by atoms with Crippen LogP contribution in [0.15, 0.2) is 12.1 Å². The van der Waals surface area contributed by atoms with Crippen molar-refractivity contribution in [2.75, 3.05) is 27.9 Å². The minimum absolute atomic E-state index is 0.0261. The van der Waals surface area contributed by atoms with E-state index in [0.29, 0.717) is 13.2 Å². The molecule has 1 aliphatic rings. The molecule has 0 saturated heterocycles. The predicted octanol–water partition coefficient (Wildman–Crippen LogP) is 3.01. The van der Waals surface area contributed by atoms with Crippen LogP contribution in [0.3, 0.4) is 0 Å². The molecule has 21 heavy (non-hydrogen) atoms. The Balaban J connectivity index is 2.51. The third-order valence-electron chi connectivity index (χ3n) is 4.68. The van der Waals surface area contributed by atoms with E-state index in [1.54, 1.807) is 21.3 Å². The number of hydrogen-bond acceptors (Lipinski definition) is 4. The Hall–Kier alpha value is -1.26. The van der Waals surface area contributed by atoms with Gasteiger partial charge in [0.2, 0.25) is 0 Å². The van der Waals surface area contributed by atoms with Crippen molar-refractivity contribution in [2.24, 2.45) is 5.73 Å². The van der Waals surface area contributed by atoms with Gasteiger partial charge in [0.1, 0.15) is 11.5 Å². The van der Waals surface area contributed by atoms with Gasteiger partial charge in [-0.15, -0.1) is 0 Å². The zero-order valence-corrected chi connectivity index (χ0v) is 13.4. The van der Waals surface area contributed by atoms with Gasteiger partial charge >= 0.3 is 0 Å². The van der Waals surface area contributed by atoms with E-state index < -0.39 is 0 Å². The molecule has 4 heteroatoms. The average molecular weight is 293 g/mol. The van der Waals surface area contributed by atoms with E-state index in [0.717, 1.165) is 29.9 Å². The molecular weight excluding hydrogens is 266 g/mol. The summed E-state index contributed by atoms with van der Waals surface area (Å²) >= 11 is 0. The monoisotopic (exact) mass is 293 g/mol. The van der Waals surface area contributed by atoms with E-state index in [-0.39, 0.29) is 5.41 Å². The van der Waals surface area contributed by atoms with Gasteiger partial charge in [-0.25, -0.2) is 0 Å². The van der Waals surface area contributed by atoms with E-state index >= 15 is 0 Å². The number of ether oxygens (including phenoxy) is 3. The van der Waals surface area contributed by atoms with Crippen molar-refractivity contribution in [3.05, 3.63) is 23.3 Å². The Morgan fingerprint density at radius 3 is 2.19 bits per heavy atom. The molecule has 1 aromatic carbocycles. The Bertz CT molecular complexity index is 467. The van der Waals surface area contributed by atoms with Crippen LogP contribution in [0.4, 0.5) is 0 Å². The molecule has 0 atom stereocenters. The standard InChI is InChI=1S/C17H27NO3/c1-19-11-13-9-14(16(21-3)10-15(13)20-2)17(12-18)7-5-4-6-8-17/h9-10H,4-8,11-12,18H2,1-3H3. The highest BCUT2D eigenvalue weighted by Gasteiger charge is 2.35. The van der Waals surface area contributed by atoms with Crippen LogP contribution in [-0.4, -0.2) is 27.9 Å². The SMILES string of the molecule is COCc1cc(C2(CN)CCCCC2)c(OC)cc1OC. The summed E-state index contributed by atoms with van der Waals surface area (Å²) in [7, 11) is 5.08. The zero-order chi connectivity index (χ0) is 15.3. The van der Waals surface area contributed by atoms with Gasteiger partial charge in [-0.05, 0) is 18.9 Å². The largest absolute Gasteiger partial charge is 0.496 e. The number of methoxy groups -OCH3 is 3. The van der Waals surface area contributed by atoms with E-state index in [9.17, 15) is 0 Å². The molecular formula is C17H27NO3. The van der Waals surface area contributed by atoms with Crippen LogP contribution in [0, 0.1) is 0 Å². The highest BCUT2D eigenvalue weighted by molar-refractivity contribution is 5.50. The molecule has 0 radical (unpaired) electrons. The van der Waals surface area contributed by atoms with Gasteiger partial charge in [0.05, 0.1) is 20.8 Å². The molecule has 2 rings (SSSR count). The molecule has 1 fully saturated rings. The lowest BCUT2D eigenvalue weighted by molar-refractivity contribution is 0.181. The van der Waals surface area contributed by atoms with Crippen molar-refractivity contribution in [2.45, 2.75) is 44.1 Å². The van der Waals surface area contributed by atoms with Gasteiger partial charge in [-0.1, -0.05) is 19.3 Å². The van der Waals surface area contributed by atoms with Gasteiger partial charge in [0.15, 0.2) is 0 Å². The maximum absolute atomic E-state index is 6.17. The Morgan fingerprint density at radius 2 is 1.67 bits per heavy atom. The van der Waals surface area contributed by atoms with Gasteiger partial charge in [-0.2, -0.15) is 0 Å². The highest BCUT2D eigenvalue weighted by Crippen LogP contribution is 2.44. The molecule has 0 bridgehead atoms. The molecule has 0 aromatic heterocycles.